The molecular formula is C25H36N2O2. The number of amides is 1. The van der Waals surface area contributed by atoms with Crippen LogP contribution in [0.5, 0.6) is 0 Å². The van der Waals surface area contributed by atoms with Crippen molar-refractivity contribution >= 4 is 11.7 Å². The van der Waals surface area contributed by atoms with Crippen molar-refractivity contribution in [1.29, 1.82) is 0 Å². The maximum atomic E-state index is 12.7. The van der Waals surface area contributed by atoms with Crippen LogP contribution in [-0.4, -0.2) is 53.7 Å². The van der Waals surface area contributed by atoms with Crippen molar-refractivity contribution in [3.63, 3.8) is 0 Å². The normalized spacial score (nSPS) is 21.3. The zero-order valence-electron chi connectivity index (χ0n) is 18.0. The second kappa shape index (κ2) is 9.42. The number of fused-ring (bicyclic) bond motifs is 1. The molecule has 0 bridgehead atoms. The van der Waals surface area contributed by atoms with Crippen LogP contribution in [0, 0.1) is 5.92 Å². The molecule has 1 aliphatic carbocycles. The summed E-state index contributed by atoms with van der Waals surface area (Å²) >= 11 is 0. The van der Waals surface area contributed by atoms with Crippen LogP contribution in [0.15, 0.2) is 18.2 Å². The molecule has 4 nitrogen and oxygen atoms in total. The van der Waals surface area contributed by atoms with Gasteiger partial charge in [0.05, 0.1) is 0 Å². The third kappa shape index (κ3) is 5.09. The molecule has 158 valence electrons. The van der Waals surface area contributed by atoms with E-state index in [1.807, 2.05) is 11.8 Å². The Hall–Kier alpha value is -1.68. The van der Waals surface area contributed by atoms with Gasteiger partial charge in [-0.2, -0.15) is 0 Å². The van der Waals surface area contributed by atoms with Crippen LogP contribution in [0.3, 0.4) is 0 Å². The molecule has 29 heavy (non-hydrogen) atoms. The molecule has 1 aromatic carbocycles. The number of piperidine rings is 1. The summed E-state index contributed by atoms with van der Waals surface area (Å²) in [6.07, 6.45) is 10.2. The topological polar surface area (TPSA) is 40.6 Å². The molecule has 1 saturated carbocycles. The van der Waals surface area contributed by atoms with Gasteiger partial charge < -0.3 is 4.90 Å². The number of carbonyl (C=O) groups is 2. The van der Waals surface area contributed by atoms with Crippen LogP contribution in [0.1, 0.15) is 68.6 Å². The summed E-state index contributed by atoms with van der Waals surface area (Å²) in [5.41, 5.74) is 4.13. The third-order valence-corrected chi connectivity index (χ3v) is 7.39. The van der Waals surface area contributed by atoms with Crippen molar-refractivity contribution in [2.75, 3.05) is 26.2 Å². The van der Waals surface area contributed by atoms with Gasteiger partial charge >= 0.3 is 0 Å². The van der Waals surface area contributed by atoms with E-state index in [1.54, 1.807) is 0 Å². The highest BCUT2D eigenvalue weighted by Gasteiger charge is 2.27. The second-order valence-electron chi connectivity index (χ2n) is 9.32. The lowest BCUT2D eigenvalue weighted by atomic mass is 9.89. The summed E-state index contributed by atoms with van der Waals surface area (Å²) in [7, 11) is 0. The Morgan fingerprint density at radius 2 is 1.69 bits per heavy atom. The lowest BCUT2D eigenvalue weighted by Crippen LogP contribution is -2.41. The van der Waals surface area contributed by atoms with Gasteiger partial charge in [0.1, 0.15) is 5.78 Å². The van der Waals surface area contributed by atoms with E-state index in [4.69, 9.17) is 0 Å². The number of hydrogen-bond acceptors (Lipinski definition) is 3. The third-order valence-electron chi connectivity index (χ3n) is 7.39. The molecule has 4 rings (SSSR count). The van der Waals surface area contributed by atoms with Crippen LogP contribution in [0.4, 0.5) is 0 Å². The Balaban J connectivity index is 1.27. The SMILES string of the molecule is CCC(=O)N1CCC(CC(=O)Cc2ccc3c(c2)CCN(C2CCC2)CC3)CC1. The zero-order valence-corrected chi connectivity index (χ0v) is 18.0. The molecule has 0 spiro atoms. The molecule has 2 fully saturated rings. The Labute approximate surface area is 175 Å². The van der Waals surface area contributed by atoms with Gasteiger partial charge in [-0.25, -0.2) is 0 Å². The Morgan fingerprint density at radius 1 is 0.966 bits per heavy atom. The van der Waals surface area contributed by atoms with Crippen molar-refractivity contribution in [3.05, 3.63) is 34.9 Å². The highest BCUT2D eigenvalue weighted by molar-refractivity contribution is 5.81. The summed E-state index contributed by atoms with van der Waals surface area (Å²) in [6.45, 7) is 5.92. The van der Waals surface area contributed by atoms with E-state index in [0.29, 0.717) is 31.0 Å². The molecular weight excluding hydrogens is 360 g/mol. The molecule has 1 saturated heterocycles. The first-order valence-electron chi connectivity index (χ1n) is 11.8. The zero-order chi connectivity index (χ0) is 20.2. The van der Waals surface area contributed by atoms with E-state index in [2.05, 4.69) is 23.1 Å². The number of ketones is 1. The smallest absolute Gasteiger partial charge is 0.222 e. The molecule has 0 atom stereocenters. The van der Waals surface area contributed by atoms with E-state index < -0.39 is 0 Å². The van der Waals surface area contributed by atoms with Crippen molar-refractivity contribution in [2.24, 2.45) is 5.92 Å². The number of hydrogen-bond donors (Lipinski definition) is 0. The van der Waals surface area contributed by atoms with Gasteiger partial charge in [-0.15, -0.1) is 0 Å². The summed E-state index contributed by atoms with van der Waals surface area (Å²) in [4.78, 5) is 29.1. The van der Waals surface area contributed by atoms with E-state index in [1.165, 1.54) is 49.0 Å². The predicted molar refractivity (Wildman–Crippen MR) is 116 cm³/mol. The van der Waals surface area contributed by atoms with Crippen molar-refractivity contribution in [2.45, 2.75) is 77.2 Å². The quantitative estimate of drug-likeness (QED) is 0.735. The van der Waals surface area contributed by atoms with Gasteiger partial charge in [0, 0.05) is 51.5 Å². The number of Topliss-reactive ketones (excluding diaryl/α,β-unsaturated/α-hetero) is 1. The van der Waals surface area contributed by atoms with E-state index >= 15 is 0 Å². The maximum absolute atomic E-state index is 12.7. The van der Waals surface area contributed by atoms with Crippen molar-refractivity contribution in [3.8, 4) is 0 Å². The van der Waals surface area contributed by atoms with Gasteiger partial charge in [0.15, 0.2) is 0 Å². The van der Waals surface area contributed by atoms with Gasteiger partial charge in [0.25, 0.3) is 0 Å². The fourth-order valence-electron chi connectivity index (χ4n) is 5.25. The largest absolute Gasteiger partial charge is 0.343 e. The van der Waals surface area contributed by atoms with Crippen LogP contribution in [0.25, 0.3) is 0 Å². The fraction of sp³-hybridized carbons (Fsp3) is 0.680. The van der Waals surface area contributed by atoms with Crippen molar-refractivity contribution < 1.29 is 9.59 Å². The molecule has 0 N–H and O–H groups in total. The molecule has 2 heterocycles. The fourth-order valence-corrected chi connectivity index (χ4v) is 5.25. The van der Waals surface area contributed by atoms with E-state index in [-0.39, 0.29) is 5.91 Å². The second-order valence-corrected chi connectivity index (χ2v) is 9.32. The summed E-state index contributed by atoms with van der Waals surface area (Å²) in [6, 6.07) is 7.58. The summed E-state index contributed by atoms with van der Waals surface area (Å²) < 4.78 is 0. The molecule has 3 aliphatic rings. The average Bonchev–Trinajstić information content (AvgIpc) is 2.89. The Morgan fingerprint density at radius 3 is 2.34 bits per heavy atom. The first-order valence-corrected chi connectivity index (χ1v) is 11.8. The van der Waals surface area contributed by atoms with Crippen LogP contribution < -0.4 is 0 Å². The van der Waals surface area contributed by atoms with E-state index in [0.717, 1.165) is 44.8 Å². The van der Waals surface area contributed by atoms with Crippen LogP contribution >= 0.6 is 0 Å². The number of rotatable bonds is 6. The number of carbonyl (C=O) groups excluding carboxylic acids is 2. The highest BCUT2D eigenvalue weighted by atomic mass is 16.2. The standard InChI is InChI=1S/C25H36N2O2/c1-2-25(29)27-12-8-19(9-13-27)17-24(28)18-20-6-7-21-10-14-26(23-4-3-5-23)15-11-22(21)16-20/h6-7,16,19,23H,2-5,8-15,17-18H2,1H3. The summed E-state index contributed by atoms with van der Waals surface area (Å²) in [5, 5.41) is 0. The highest BCUT2D eigenvalue weighted by Crippen LogP contribution is 2.28. The Kier molecular flexibility index (Phi) is 6.69. The minimum absolute atomic E-state index is 0.246. The Bertz CT molecular complexity index is 732. The first-order chi connectivity index (χ1) is 14.1. The van der Waals surface area contributed by atoms with Crippen molar-refractivity contribution in [1.82, 2.24) is 9.80 Å². The number of nitrogens with zero attached hydrogens (tertiary/aromatic N) is 2. The average molecular weight is 397 g/mol. The molecule has 0 aromatic heterocycles. The molecule has 0 unspecified atom stereocenters. The monoisotopic (exact) mass is 396 g/mol. The molecule has 1 aromatic rings. The predicted octanol–water partition coefficient (Wildman–Crippen LogP) is 3.79. The van der Waals surface area contributed by atoms with E-state index in [9.17, 15) is 9.59 Å². The molecule has 1 amide bonds. The first kappa shape index (κ1) is 20.6. The number of benzene rings is 1. The minimum atomic E-state index is 0.246. The number of likely N-dealkylation sites (tertiary alicyclic amines) is 1. The van der Waals surface area contributed by atoms with Gasteiger partial charge in [-0.05, 0) is 61.1 Å². The van der Waals surface area contributed by atoms with Gasteiger partial charge in [0.2, 0.25) is 5.91 Å². The summed E-state index contributed by atoms with van der Waals surface area (Å²) in [5.74, 6) is 1.05. The molecule has 4 heteroatoms. The lowest BCUT2D eigenvalue weighted by molar-refractivity contribution is -0.132. The van der Waals surface area contributed by atoms with Crippen LogP contribution in [0.2, 0.25) is 0 Å². The van der Waals surface area contributed by atoms with Gasteiger partial charge in [-0.3, -0.25) is 14.5 Å². The maximum Gasteiger partial charge on any atom is 0.222 e. The lowest BCUT2D eigenvalue weighted by Gasteiger charge is -2.36. The molecule has 0 radical (unpaired) electrons. The minimum Gasteiger partial charge on any atom is -0.343 e. The van der Waals surface area contributed by atoms with Crippen LogP contribution in [-0.2, 0) is 28.9 Å². The molecule has 2 aliphatic heterocycles. The van der Waals surface area contributed by atoms with Gasteiger partial charge in [-0.1, -0.05) is 31.5 Å².